The van der Waals surface area contributed by atoms with Crippen LogP contribution in [0.1, 0.15) is 30.1 Å². The standard InChI is InChI=1S/C13H15ClN2O3S/c1-2-3-11-16(10(7-20-11)13(18)19)12(17)8-6-15-5-4-9(8)14/h4-6,10-11H,2-3,7H2,1H3,(H,18,19). The molecule has 1 aromatic heterocycles. The number of hydrogen-bond acceptors (Lipinski definition) is 4. The van der Waals surface area contributed by atoms with Gasteiger partial charge in [-0.1, -0.05) is 24.9 Å². The van der Waals surface area contributed by atoms with Crippen LogP contribution in [0.15, 0.2) is 18.5 Å². The fourth-order valence-corrected chi connectivity index (χ4v) is 3.87. The van der Waals surface area contributed by atoms with E-state index < -0.39 is 12.0 Å². The summed E-state index contributed by atoms with van der Waals surface area (Å²) in [6.45, 7) is 2.01. The Labute approximate surface area is 126 Å². The lowest BCUT2D eigenvalue weighted by Crippen LogP contribution is -2.45. The monoisotopic (exact) mass is 314 g/mol. The molecule has 1 aliphatic rings. The third-order valence-corrected chi connectivity index (χ3v) is 4.83. The van der Waals surface area contributed by atoms with Gasteiger partial charge in [0.05, 0.1) is 16.0 Å². The summed E-state index contributed by atoms with van der Waals surface area (Å²) in [4.78, 5) is 29.2. The van der Waals surface area contributed by atoms with Crippen molar-refractivity contribution in [2.45, 2.75) is 31.2 Å². The molecular formula is C13H15ClN2O3S. The Morgan fingerprint density at radius 1 is 1.60 bits per heavy atom. The average molecular weight is 315 g/mol. The third kappa shape index (κ3) is 2.91. The van der Waals surface area contributed by atoms with E-state index in [1.165, 1.54) is 35.1 Å². The van der Waals surface area contributed by atoms with Gasteiger partial charge in [-0.15, -0.1) is 11.8 Å². The normalized spacial score (nSPS) is 22.0. The van der Waals surface area contributed by atoms with Gasteiger partial charge in [0, 0.05) is 18.1 Å². The molecule has 1 aromatic rings. The van der Waals surface area contributed by atoms with E-state index in [1.54, 1.807) is 0 Å². The molecule has 0 aliphatic carbocycles. The molecule has 1 aliphatic heterocycles. The molecule has 108 valence electrons. The summed E-state index contributed by atoms with van der Waals surface area (Å²) >= 11 is 7.51. The van der Waals surface area contributed by atoms with Crippen molar-refractivity contribution in [3.8, 4) is 0 Å². The van der Waals surface area contributed by atoms with Gasteiger partial charge in [-0.3, -0.25) is 9.78 Å². The van der Waals surface area contributed by atoms with Crippen LogP contribution in [0.5, 0.6) is 0 Å². The number of aromatic nitrogens is 1. The molecule has 20 heavy (non-hydrogen) atoms. The molecule has 7 heteroatoms. The number of carbonyl (C=O) groups is 2. The molecule has 2 rings (SSSR count). The molecule has 1 amide bonds. The topological polar surface area (TPSA) is 70.5 Å². The summed E-state index contributed by atoms with van der Waals surface area (Å²) in [5.41, 5.74) is 0.254. The molecule has 0 radical (unpaired) electrons. The number of pyridine rings is 1. The number of carbonyl (C=O) groups excluding carboxylic acids is 1. The lowest BCUT2D eigenvalue weighted by atomic mass is 10.2. The summed E-state index contributed by atoms with van der Waals surface area (Å²) in [7, 11) is 0. The second-order valence-corrected chi connectivity index (χ2v) is 6.12. The van der Waals surface area contributed by atoms with E-state index in [4.69, 9.17) is 11.6 Å². The molecule has 1 fully saturated rings. The maximum absolute atomic E-state index is 12.6. The highest BCUT2D eigenvalue weighted by molar-refractivity contribution is 8.00. The van der Waals surface area contributed by atoms with Gasteiger partial charge in [-0.05, 0) is 12.5 Å². The van der Waals surface area contributed by atoms with Crippen LogP contribution in [0.25, 0.3) is 0 Å². The van der Waals surface area contributed by atoms with Gasteiger partial charge in [-0.2, -0.15) is 0 Å². The number of amides is 1. The third-order valence-electron chi connectivity index (χ3n) is 3.15. The highest BCUT2D eigenvalue weighted by Crippen LogP contribution is 2.34. The Balaban J connectivity index is 2.32. The average Bonchev–Trinajstić information content (AvgIpc) is 2.83. The van der Waals surface area contributed by atoms with Crippen LogP contribution >= 0.6 is 23.4 Å². The zero-order valence-electron chi connectivity index (χ0n) is 11.0. The quantitative estimate of drug-likeness (QED) is 0.924. The van der Waals surface area contributed by atoms with Crippen LogP contribution in [0.2, 0.25) is 5.02 Å². The second kappa shape index (κ2) is 6.45. The van der Waals surface area contributed by atoms with Crippen molar-refractivity contribution in [3.05, 3.63) is 29.0 Å². The maximum Gasteiger partial charge on any atom is 0.327 e. The maximum atomic E-state index is 12.6. The fraction of sp³-hybridized carbons (Fsp3) is 0.462. The molecule has 0 aromatic carbocycles. The van der Waals surface area contributed by atoms with Gasteiger partial charge in [0.2, 0.25) is 0 Å². The van der Waals surface area contributed by atoms with Crippen molar-refractivity contribution in [1.29, 1.82) is 0 Å². The first-order chi connectivity index (χ1) is 9.56. The molecule has 0 bridgehead atoms. The summed E-state index contributed by atoms with van der Waals surface area (Å²) in [6, 6.07) is 0.725. The highest BCUT2D eigenvalue weighted by atomic mass is 35.5. The van der Waals surface area contributed by atoms with Crippen LogP contribution in [0.4, 0.5) is 0 Å². The molecule has 1 saturated heterocycles. The van der Waals surface area contributed by atoms with E-state index in [9.17, 15) is 14.7 Å². The molecule has 0 spiro atoms. The van der Waals surface area contributed by atoms with Crippen LogP contribution < -0.4 is 0 Å². The number of rotatable bonds is 4. The van der Waals surface area contributed by atoms with Crippen molar-refractivity contribution in [3.63, 3.8) is 0 Å². The minimum absolute atomic E-state index is 0.120. The second-order valence-electron chi connectivity index (χ2n) is 4.50. The molecule has 5 nitrogen and oxygen atoms in total. The molecular weight excluding hydrogens is 300 g/mol. The van der Waals surface area contributed by atoms with Gasteiger partial charge in [0.15, 0.2) is 0 Å². The SMILES string of the molecule is CCCC1SCC(C(=O)O)N1C(=O)c1cnccc1Cl. The number of halogens is 1. The van der Waals surface area contributed by atoms with Gasteiger partial charge < -0.3 is 10.0 Å². The predicted octanol–water partition coefficient (Wildman–Crippen LogP) is 2.50. The molecule has 1 N–H and O–H groups in total. The van der Waals surface area contributed by atoms with Crippen LogP contribution in [-0.4, -0.2) is 44.0 Å². The first-order valence-electron chi connectivity index (χ1n) is 6.32. The number of nitrogens with zero attached hydrogens (tertiary/aromatic N) is 2. The highest BCUT2D eigenvalue weighted by Gasteiger charge is 2.41. The fourth-order valence-electron chi connectivity index (χ4n) is 2.17. The zero-order valence-corrected chi connectivity index (χ0v) is 12.5. The minimum Gasteiger partial charge on any atom is -0.480 e. The van der Waals surface area contributed by atoms with E-state index in [0.717, 1.165) is 12.8 Å². The smallest absolute Gasteiger partial charge is 0.327 e. The van der Waals surface area contributed by atoms with E-state index in [0.29, 0.717) is 10.8 Å². The van der Waals surface area contributed by atoms with E-state index >= 15 is 0 Å². The zero-order chi connectivity index (χ0) is 14.7. The molecule has 2 heterocycles. The van der Waals surface area contributed by atoms with Crippen LogP contribution in [0.3, 0.4) is 0 Å². The largest absolute Gasteiger partial charge is 0.480 e. The van der Waals surface area contributed by atoms with Crippen molar-refractivity contribution in [2.24, 2.45) is 0 Å². The lowest BCUT2D eigenvalue weighted by molar-refractivity contribution is -0.141. The van der Waals surface area contributed by atoms with Crippen LogP contribution in [0, 0.1) is 0 Å². The van der Waals surface area contributed by atoms with E-state index in [-0.39, 0.29) is 16.8 Å². The van der Waals surface area contributed by atoms with Gasteiger partial charge >= 0.3 is 5.97 Å². The Kier molecular flexibility index (Phi) is 4.88. The number of aliphatic carboxylic acids is 1. The van der Waals surface area contributed by atoms with Gasteiger partial charge in [0.1, 0.15) is 6.04 Å². The predicted molar refractivity (Wildman–Crippen MR) is 78.0 cm³/mol. The molecule has 2 atom stereocenters. The number of hydrogen-bond donors (Lipinski definition) is 1. The Morgan fingerprint density at radius 2 is 2.35 bits per heavy atom. The summed E-state index contributed by atoms with van der Waals surface area (Å²) in [6.07, 6.45) is 4.53. The summed E-state index contributed by atoms with van der Waals surface area (Å²) < 4.78 is 0. The number of thioether (sulfide) groups is 1. The van der Waals surface area contributed by atoms with Crippen molar-refractivity contribution in [2.75, 3.05) is 5.75 Å². The summed E-state index contributed by atoms with van der Waals surface area (Å²) in [5, 5.41) is 9.45. The minimum atomic E-state index is -0.982. The number of carboxylic acids is 1. The van der Waals surface area contributed by atoms with Gasteiger partial charge in [-0.25, -0.2) is 4.79 Å². The van der Waals surface area contributed by atoms with Gasteiger partial charge in [0.25, 0.3) is 5.91 Å². The van der Waals surface area contributed by atoms with Crippen molar-refractivity contribution in [1.82, 2.24) is 9.88 Å². The Morgan fingerprint density at radius 3 is 2.95 bits per heavy atom. The number of carboxylic acid groups (broad SMARTS) is 1. The Bertz CT molecular complexity index is 526. The first-order valence-corrected chi connectivity index (χ1v) is 7.75. The van der Waals surface area contributed by atoms with Crippen molar-refractivity contribution >= 4 is 35.2 Å². The molecule has 2 unspecified atom stereocenters. The van der Waals surface area contributed by atoms with Crippen LogP contribution in [-0.2, 0) is 4.79 Å². The lowest BCUT2D eigenvalue weighted by Gasteiger charge is -2.27. The van der Waals surface area contributed by atoms with Crippen molar-refractivity contribution < 1.29 is 14.7 Å². The van der Waals surface area contributed by atoms with E-state index in [2.05, 4.69) is 4.98 Å². The Hall–Kier alpha value is -1.27. The van der Waals surface area contributed by atoms with E-state index in [1.807, 2.05) is 6.92 Å². The first kappa shape index (κ1) is 15.1. The summed E-state index contributed by atoms with van der Waals surface area (Å²) in [5.74, 6) is -0.938. The molecule has 0 saturated carbocycles.